The van der Waals surface area contributed by atoms with Crippen LogP contribution in [0.25, 0.3) is 0 Å². The van der Waals surface area contributed by atoms with Gasteiger partial charge in [0.15, 0.2) is 4.34 Å². The molecule has 1 saturated carbocycles. The fraction of sp³-hybridized carbons (Fsp3) is 0.786. The molecule has 1 aromatic rings. The smallest absolute Gasteiger partial charge is 0.230 e. The Morgan fingerprint density at radius 2 is 2.18 bits per heavy atom. The summed E-state index contributed by atoms with van der Waals surface area (Å²) in [6.07, 6.45) is 6.34. The molecule has 1 fully saturated rings. The summed E-state index contributed by atoms with van der Waals surface area (Å²) >= 11 is 2.95. The van der Waals surface area contributed by atoms with E-state index in [1.807, 2.05) is 6.92 Å². The van der Waals surface area contributed by atoms with Gasteiger partial charge < -0.3 is 15.4 Å². The van der Waals surface area contributed by atoms with E-state index in [1.165, 1.54) is 55.2 Å². The van der Waals surface area contributed by atoms with E-state index in [1.54, 1.807) is 7.11 Å². The van der Waals surface area contributed by atoms with E-state index in [-0.39, 0.29) is 11.9 Å². The standard InChI is InChI=1S/C14H24N4O2S2/c1-10(8-20-2)15-12(19)9-21-14-18-17-13(22-14)16-11-6-4-3-5-7-11/h10-11H,3-9H2,1-2H3,(H,15,19)(H,16,17)/t10-/m1/s1. The van der Waals surface area contributed by atoms with Gasteiger partial charge in [0.1, 0.15) is 0 Å². The second-order valence-electron chi connectivity index (χ2n) is 5.56. The number of amides is 1. The number of rotatable bonds is 8. The van der Waals surface area contributed by atoms with Crippen molar-refractivity contribution >= 4 is 34.1 Å². The molecule has 6 nitrogen and oxygen atoms in total. The summed E-state index contributed by atoms with van der Waals surface area (Å²) in [6.45, 7) is 2.44. The van der Waals surface area contributed by atoms with Crippen LogP contribution in [0.4, 0.5) is 5.13 Å². The lowest BCUT2D eigenvalue weighted by Crippen LogP contribution is -2.36. The van der Waals surface area contributed by atoms with E-state index in [9.17, 15) is 4.79 Å². The van der Waals surface area contributed by atoms with E-state index >= 15 is 0 Å². The summed E-state index contributed by atoms with van der Waals surface area (Å²) < 4.78 is 5.82. The quantitative estimate of drug-likeness (QED) is 0.706. The third-order valence-corrected chi connectivity index (χ3v) is 5.48. The molecule has 0 radical (unpaired) electrons. The minimum Gasteiger partial charge on any atom is -0.383 e. The Hall–Kier alpha value is -0.860. The zero-order valence-electron chi connectivity index (χ0n) is 13.1. The van der Waals surface area contributed by atoms with Gasteiger partial charge in [-0.15, -0.1) is 10.2 Å². The first-order valence-corrected chi connectivity index (χ1v) is 9.48. The van der Waals surface area contributed by atoms with Crippen LogP contribution in [0.5, 0.6) is 0 Å². The van der Waals surface area contributed by atoms with E-state index in [0.717, 1.165) is 9.47 Å². The van der Waals surface area contributed by atoms with Gasteiger partial charge >= 0.3 is 0 Å². The van der Waals surface area contributed by atoms with E-state index in [2.05, 4.69) is 20.8 Å². The Morgan fingerprint density at radius 1 is 1.41 bits per heavy atom. The van der Waals surface area contributed by atoms with Gasteiger partial charge in [-0.1, -0.05) is 42.4 Å². The van der Waals surface area contributed by atoms with E-state index in [4.69, 9.17) is 4.74 Å². The molecule has 0 unspecified atom stereocenters. The summed E-state index contributed by atoms with van der Waals surface area (Å²) in [5, 5.41) is 15.5. The predicted molar refractivity (Wildman–Crippen MR) is 90.6 cm³/mol. The molecule has 0 aliphatic heterocycles. The third kappa shape index (κ3) is 6.10. The van der Waals surface area contributed by atoms with Gasteiger partial charge in [0.2, 0.25) is 11.0 Å². The number of nitrogens with one attached hydrogen (secondary N) is 2. The molecule has 1 aliphatic carbocycles. The summed E-state index contributed by atoms with van der Waals surface area (Å²) in [5.41, 5.74) is 0. The lowest BCUT2D eigenvalue weighted by Gasteiger charge is -2.21. The maximum absolute atomic E-state index is 11.8. The maximum atomic E-state index is 11.8. The first kappa shape index (κ1) is 17.5. The molecule has 0 spiro atoms. The van der Waals surface area contributed by atoms with Crippen LogP contribution in [0.1, 0.15) is 39.0 Å². The number of aromatic nitrogens is 2. The first-order chi connectivity index (χ1) is 10.7. The van der Waals surface area contributed by atoms with Gasteiger partial charge in [-0.05, 0) is 19.8 Å². The maximum Gasteiger partial charge on any atom is 0.230 e. The largest absolute Gasteiger partial charge is 0.383 e. The number of ether oxygens (including phenoxy) is 1. The second kappa shape index (κ2) is 9.32. The second-order valence-corrected chi connectivity index (χ2v) is 7.76. The van der Waals surface area contributed by atoms with Crippen molar-refractivity contribution in [3.8, 4) is 0 Å². The summed E-state index contributed by atoms with van der Waals surface area (Å²) in [5.74, 6) is 0.345. The molecule has 124 valence electrons. The highest BCUT2D eigenvalue weighted by Crippen LogP contribution is 2.28. The van der Waals surface area contributed by atoms with Gasteiger partial charge in [0.05, 0.1) is 12.4 Å². The molecule has 1 amide bonds. The number of carbonyl (C=O) groups excluding carboxylic acids is 1. The van der Waals surface area contributed by atoms with Crippen LogP contribution < -0.4 is 10.6 Å². The van der Waals surface area contributed by atoms with Crippen molar-refractivity contribution in [3.63, 3.8) is 0 Å². The molecule has 1 aromatic heterocycles. The molecular formula is C14H24N4O2S2. The summed E-state index contributed by atoms with van der Waals surface area (Å²) in [4.78, 5) is 11.8. The Balaban J connectivity index is 1.71. The van der Waals surface area contributed by atoms with Crippen LogP contribution in [0, 0.1) is 0 Å². The summed E-state index contributed by atoms with van der Waals surface area (Å²) in [6, 6.07) is 0.550. The number of hydrogen-bond acceptors (Lipinski definition) is 7. The Labute approximate surface area is 139 Å². The van der Waals surface area contributed by atoms with Crippen molar-refractivity contribution < 1.29 is 9.53 Å². The molecule has 0 aromatic carbocycles. The number of carbonyl (C=O) groups is 1. The lowest BCUT2D eigenvalue weighted by atomic mass is 9.96. The van der Waals surface area contributed by atoms with Gasteiger partial charge in [0, 0.05) is 19.2 Å². The third-order valence-electron chi connectivity index (χ3n) is 3.49. The van der Waals surface area contributed by atoms with Gasteiger partial charge in [-0.2, -0.15) is 0 Å². The van der Waals surface area contributed by atoms with Crippen molar-refractivity contribution in [1.29, 1.82) is 0 Å². The Bertz CT molecular complexity index is 463. The van der Waals surface area contributed by atoms with Crippen molar-refractivity contribution in [2.75, 3.05) is 24.8 Å². The van der Waals surface area contributed by atoms with Crippen molar-refractivity contribution in [3.05, 3.63) is 0 Å². The fourth-order valence-electron chi connectivity index (χ4n) is 2.48. The molecule has 1 aliphatic rings. The van der Waals surface area contributed by atoms with Crippen LogP contribution in [0.3, 0.4) is 0 Å². The molecule has 0 saturated heterocycles. The predicted octanol–water partition coefficient (Wildman–Crippen LogP) is 2.53. The first-order valence-electron chi connectivity index (χ1n) is 7.68. The number of nitrogens with zero attached hydrogens (tertiary/aromatic N) is 2. The average Bonchev–Trinajstić information content (AvgIpc) is 2.94. The van der Waals surface area contributed by atoms with Crippen molar-refractivity contribution in [2.45, 2.75) is 55.5 Å². The van der Waals surface area contributed by atoms with Crippen LogP contribution in [-0.2, 0) is 9.53 Å². The number of methoxy groups -OCH3 is 1. The molecule has 22 heavy (non-hydrogen) atoms. The van der Waals surface area contributed by atoms with Crippen molar-refractivity contribution in [2.24, 2.45) is 0 Å². The molecule has 1 atom stereocenters. The minimum atomic E-state index is -0.00783. The Kier molecular flexibility index (Phi) is 7.41. The summed E-state index contributed by atoms with van der Waals surface area (Å²) in [7, 11) is 1.62. The van der Waals surface area contributed by atoms with E-state index in [0.29, 0.717) is 18.4 Å². The van der Waals surface area contributed by atoms with Gasteiger partial charge in [0.25, 0.3) is 0 Å². The zero-order valence-corrected chi connectivity index (χ0v) is 14.8. The SMILES string of the molecule is COC[C@@H](C)NC(=O)CSc1nnc(NC2CCCCC2)s1. The van der Waals surface area contributed by atoms with Gasteiger partial charge in [-0.25, -0.2) is 0 Å². The average molecular weight is 345 g/mol. The minimum absolute atomic E-state index is 0.00783. The van der Waals surface area contributed by atoms with Crippen LogP contribution in [0.2, 0.25) is 0 Å². The number of anilines is 1. The molecule has 2 rings (SSSR count). The van der Waals surface area contributed by atoms with Crippen LogP contribution >= 0.6 is 23.1 Å². The molecule has 1 heterocycles. The Morgan fingerprint density at radius 3 is 2.91 bits per heavy atom. The molecule has 2 N–H and O–H groups in total. The molecule has 8 heteroatoms. The molecule has 0 bridgehead atoms. The fourth-order valence-corrected chi connectivity index (χ4v) is 4.12. The van der Waals surface area contributed by atoms with Gasteiger partial charge in [-0.3, -0.25) is 4.79 Å². The number of thioether (sulfide) groups is 1. The van der Waals surface area contributed by atoms with Crippen LogP contribution in [0.15, 0.2) is 4.34 Å². The highest BCUT2D eigenvalue weighted by atomic mass is 32.2. The topological polar surface area (TPSA) is 76.1 Å². The molecular weight excluding hydrogens is 320 g/mol. The highest BCUT2D eigenvalue weighted by molar-refractivity contribution is 8.01. The monoisotopic (exact) mass is 344 g/mol. The van der Waals surface area contributed by atoms with Crippen LogP contribution in [-0.4, -0.2) is 47.7 Å². The number of hydrogen-bond donors (Lipinski definition) is 2. The van der Waals surface area contributed by atoms with Crippen molar-refractivity contribution in [1.82, 2.24) is 15.5 Å². The van der Waals surface area contributed by atoms with E-state index < -0.39 is 0 Å². The lowest BCUT2D eigenvalue weighted by molar-refractivity contribution is -0.119. The normalized spacial score (nSPS) is 17.2. The highest BCUT2D eigenvalue weighted by Gasteiger charge is 2.15. The zero-order chi connectivity index (χ0) is 15.8.